The number of rotatable bonds is 4. The molecular formula is C22H25N5O. The quantitative estimate of drug-likeness (QED) is 0.733. The van der Waals surface area contributed by atoms with Crippen LogP contribution in [0, 0.1) is 0 Å². The maximum Gasteiger partial charge on any atom is 0.221 e. The molecule has 0 spiro atoms. The predicted molar refractivity (Wildman–Crippen MR) is 113 cm³/mol. The Hall–Kier alpha value is -3.12. The van der Waals surface area contributed by atoms with Gasteiger partial charge in [0.05, 0.1) is 11.4 Å². The molecule has 1 fully saturated rings. The molecule has 1 amide bonds. The summed E-state index contributed by atoms with van der Waals surface area (Å²) in [5.74, 6) is -0.0830. The van der Waals surface area contributed by atoms with Gasteiger partial charge in [-0.2, -0.15) is 5.10 Å². The SMILES string of the molecule is CC(=O)Nc1cccc(-c2cc(-c3ccc(N4CCN(C)CC4)cc3)[nH]n2)c1. The van der Waals surface area contributed by atoms with Crippen molar-refractivity contribution in [1.82, 2.24) is 15.1 Å². The number of anilines is 2. The fraction of sp³-hybridized carbons (Fsp3) is 0.273. The van der Waals surface area contributed by atoms with E-state index in [9.17, 15) is 4.79 Å². The molecule has 0 atom stereocenters. The van der Waals surface area contributed by atoms with E-state index in [1.807, 2.05) is 30.3 Å². The van der Waals surface area contributed by atoms with Crippen LogP contribution < -0.4 is 10.2 Å². The number of nitrogens with zero attached hydrogens (tertiary/aromatic N) is 3. The Bertz CT molecular complexity index is 955. The zero-order valence-electron chi connectivity index (χ0n) is 16.3. The molecule has 6 heteroatoms. The molecule has 6 nitrogen and oxygen atoms in total. The number of hydrogen-bond donors (Lipinski definition) is 2. The van der Waals surface area contributed by atoms with Crippen LogP contribution in [0.15, 0.2) is 54.6 Å². The summed E-state index contributed by atoms with van der Waals surface area (Å²) < 4.78 is 0. The zero-order valence-corrected chi connectivity index (χ0v) is 16.3. The highest BCUT2D eigenvalue weighted by atomic mass is 16.1. The van der Waals surface area contributed by atoms with Gasteiger partial charge in [0, 0.05) is 50.0 Å². The number of piperazine rings is 1. The molecule has 1 aromatic heterocycles. The third-order valence-electron chi connectivity index (χ3n) is 5.10. The first-order valence-corrected chi connectivity index (χ1v) is 9.56. The van der Waals surface area contributed by atoms with Crippen molar-refractivity contribution in [1.29, 1.82) is 0 Å². The van der Waals surface area contributed by atoms with Crippen LogP contribution in [0.3, 0.4) is 0 Å². The number of likely N-dealkylation sites (N-methyl/N-ethyl adjacent to an activating group) is 1. The normalized spacial score (nSPS) is 14.9. The Balaban J connectivity index is 1.50. The average Bonchev–Trinajstić information content (AvgIpc) is 3.19. The van der Waals surface area contributed by atoms with Crippen LogP contribution in [0.1, 0.15) is 6.92 Å². The Labute approximate surface area is 165 Å². The second-order valence-corrected chi connectivity index (χ2v) is 7.27. The van der Waals surface area contributed by atoms with E-state index in [0.29, 0.717) is 0 Å². The van der Waals surface area contributed by atoms with Crippen molar-refractivity contribution in [2.24, 2.45) is 0 Å². The molecule has 1 aliphatic heterocycles. The maximum absolute atomic E-state index is 11.3. The third-order valence-corrected chi connectivity index (χ3v) is 5.10. The van der Waals surface area contributed by atoms with Gasteiger partial charge < -0.3 is 15.1 Å². The standard InChI is InChI=1S/C22H25N5O/c1-16(28)23-19-5-3-4-18(14-19)22-15-21(24-25-22)17-6-8-20(9-7-17)27-12-10-26(2)11-13-27/h3-9,14-15H,10-13H2,1-2H3,(H,23,28)(H,24,25). The molecular weight excluding hydrogens is 350 g/mol. The number of amides is 1. The van der Waals surface area contributed by atoms with Crippen LogP contribution in [-0.4, -0.2) is 54.2 Å². The van der Waals surface area contributed by atoms with E-state index in [-0.39, 0.29) is 5.91 Å². The van der Waals surface area contributed by atoms with Crippen LogP contribution >= 0.6 is 0 Å². The summed E-state index contributed by atoms with van der Waals surface area (Å²) in [7, 11) is 2.17. The molecule has 28 heavy (non-hydrogen) atoms. The fourth-order valence-electron chi connectivity index (χ4n) is 3.49. The molecule has 0 radical (unpaired) electrons. The van der Waals surface area contributed by atoms with Crippen molar-refractivity contribution in [3.05, 3.63) is 54.6 Å². The largest absolute Gasteiger partial charge is 0.369 e. The summed E-state index contributed by atoms with van der Waals surface area (Å²) in [5.41, 5.74) is 5.93. The number of carbonyl (C=O) groups excluding carboxylic acids is 1. The van der Waals surface area contributed by atoms with Crippen molar-refractivity contribution >= 4 is 17.3 Å². The first-order valence-electron chi connectivity index (χ1n) is 9.56. The number of nitrogens with one attached hydrogen (secondary N) is 2. The number of aromatic amines is 1. The summed E-state index contributed by atoms with van der Waals surface area (Å²) in [6.45, 7) is 5.83. The topological polar surface area (TPSA) is 64.3 Å². The minimum Gasteiger partial charge on any atom is -0.369 e. The van der Waals surface area contributed by atoms with E-state index < -0.39 is 0 Å². The van der Waals surface area contributed by atoms with Crippen molar-refractivity contribution in [2.75, 3.05) is 43.4 Å². The van der Waals surface area contributed by atoms with E-state index in [2.05, 4.69) is 56.6 Å². The third kappa shape index (κ3) is 4.07. The number of benzene rings is 2. The molecule has 1 saturated heterocycles. The lowest BCUT2D eigenvalue weighted by Gasteiger charge is -2.34. The minimum absolute atomic E-state index is 0.0830. The van der Waals surface area contributed by atoms with Crippen molar-refractivity contribution < 1.29 is 4.79 Å². The molecule has 0 aliphatic carbocycles. The molecule has 0 saturated carbocycles. The van der Waals surface area contributed by atoms with Gasteiger partial charge in [0.25, 0.3) is 0 Å². The maximum atomic E-state index is 11.3. The van der Waals surface area contributed by atoms with E-state index in [0.717, 1.165) is 54.4 Å². The van der Waals surface area contributed by atoms with E-state index in [1.54, 1.807) is 0 Å². The van der Waals surface area contributed by atoms with Gasteiger partial charge >= 0.3 is 0 Å². The van der Waals surface area contributed by atoms with Gasteiger partial charge in [0.2, 0.25) is 5.91 Å². The zero-order chi connectivity index (χ0) is 19.5. The predicted octanol–water partition coefficient (Wildman–Crippen LogP) is 3.45. The highest BCUT2D eigenvalue weighted by Gasteiger charge is 2.14. The molecule has 4 rings (SSSR count). The molecule has 2 aromatic carbocycles. The smallest absolute Gasteiger partial charge is 0.221 e. The van der Waals surface area contributed by atoms with Gasteiger partial charge in [0.1, 0.15) is 0 Å². The lowest BCUT2D eigenvalue weighted by atomic mass is 10.1. The molecule has 144 valence electrons. The highest BCUT2D eigenvalue weighted by molar-refractivity contribution is 5.89. The molecule has 3 aromatic rings. The minimum atomic E-state index is -0.0830. The van der Waals surface area contributed by atoms with E-state index >= 15 is 0 Å². The second-order valence-electron chi connectivity index (χ2n) is 7.27. The summed E-state index contributed by atoms with van der Waals surface area (Å²) >= 11 is 0. The highest BCUT2D eigenvalue weighted by Crippen LogP contribution is 2.27. The van der Waals surface area contributed by atoms with Crippen LogP contribution in [0.5, 0.6) is 0 Å². The molecule has 0 unspecified atom stereocenters. The number of H-pyrrole nitrogens is 1. The van der Waals surface area contributed by atoms with Gasteiger partial charge in [-0.15, -0.1) is 0 Å². The monoisotopic (exact) mass is 375 g/mol. The Kier molecular flexibility index (Phi) is 5.12. The summed E-state index contributed by atoms with van der Waals surface area (Å²) in [4.78, 5) is 16.1. The molecule has 1 aliphatic rings. The van der Waals surface area contributed by atoms with Crippen LogP contribution in [0.25, 0.3) is 22.5 Å². The second kappa shape index (κ2) is 7.86. The number of hydrogen-bond acceptors (Lipinski definition) is 4. The van der Waals surface area contributed by atoms with Crippen molar-refractivity contribution in [3.8, 4) is 22.5 Å². The Morgan fingerprint density at radius 1 is 1.00 bits per heavy atom. The summed E-state index contributed by atoms with van der Waals surface area (Å²) in [6.07, 6.45) is 0. The first-order chi connectivity index (χ1) is 13.6. The lowest BCUT2D eigenvalue weighted by Crippen LogP contribution is -2.44. The van der Waals surface area contributed by atoms with Crippen LogP contribution in [-0.2, 0) is 4.79 Å². The summed E-state index contributed by atoms with van der Waals surface area (Å²) in [6, 6.07) is 18.4. The molecule has 0 bridgehead atoms. The lowest BCUT2D eigenvalue weighted by molar-refractivity contribution is -0.114. The molecule has 2 heterocycles. The van der Waals surface area contributed by atoms with Gasteiger partial charge in [0.15, 0.2) is 0 Å². The van der Waals surface area contributed by atoms with Gasteiger partial charge in [-0.25, -0.2) is 0 Å². The van der Waals surface area contributed by atoms with Crippen molar-refractivity contribution in [3.63, 3.8) is 0 Å². The number of aromatic nitrogens is 2. The first kappa shape index (κ1) is 18.3. The number of carbonyl (C=O) groups is 1. The van der Waals surface area contributed by atoms with E-state index in [1.165, 1.54) is 12.6 Å². The fourth-order valence-corrected chi connectivity index (χ4v) is 3.49. The molecule has 2 N–H and O–H groups in total. The average molecular weight is 375 g/mol. The van der Waals surface area contributed by atoms with Crippen LogP contribution in [0.4, 0.5) is 11.4 Å². The summed E-state index contributed by atoms with van der Waals surface area (Å²) in [5, 5.41) is 10.4. The Morgan fingerprint density at radius 2 is 1.75 bits per heavy atom. The van der Waals surface area contributed by atoms with Crippen molar-refractivity contribution in [2.45, 2.75) is 6.92 Å². The van der Waals surface area contributed by atoms with Crippen LogP contribution in [0.2, 0.25) is 0 Å². The van der Waals surface area contributed by atoms with Gasteiger partial charge in [-0.3, -0.25) is 9.89 Å². The Morgan fingerprint density at radius 3 is 2.46 bits per heavy atom. The van der Waals surface area contributed by atoms with Gasteiger partial charge in [-0.05, 0) is 42.9 Å². The van der Waals surface area contributed by atoms with Gasteiger partial charge in [-0.1, -0.05) is 24.3 Å². The van der Waals surface area contributed by atoms with E-state index in [4.69, 9.17) is 0 Å².